The van der Waals surface area contributed by atoms with Crippen LogP contribution in [0, 0.1) is 0 Å². The number of hydrogen-bond acceptors (Lipinski definition) is 4. The van der Waals surface area contributed by atoms with Crippen molar-refractivity contribution in [3.8, 4) is 0 Å². The maximum absolute atomic E-state index is 12.1. The Morgan fingerprint density at radius 1 is 1.30 bits per heavy atom. The molecule has 1 unspecified atom stereocenters. The molecule has 1 atom stereocenters. The Morgan fingerprint density at radius 3 is 2.48 bits per heavy atom. The van der Waals surface area contributed by atoms with Crippen LogP contribution in [0.25, 0.3) is 0 Å². The first-order chi connectivity index (χ1) is 11.0. The highest BCUT2D eigenvalue weighted by Crippen LogP contribution is 2.17. The summed E-state index contributed by atoms with van der Waals surface area (Å²) in [4.78, 5) is 27.4. The predicted octanol–water partition coefficient (Wildman–Crippen LogP) is 1.59. The monoisotopic (exact) mass is 319 g/mol. The molecule has 1 saturated heterocycles. The molecule has 1 aromatic rings. The van der Waals surface area contributed by atoms with Gasteiger partial charge >= 0.3 is 6.09 Å². The van der Waals surface area contributed by atoms with Gasteiger partial charge in [-0.25, -0.2) is 4.79 Å². The largest absolute Gasteiger partial charge is 0.445 e. The van der Waals surface area contributed by atoms with E-state index >= 15 is 0 Å². The molecule has 0 saturated carbocycles. The molecule has 2 rings (SSSR count). The van der Waals surface area contributed by atoms with E-state index in [1.165, 1.54) is 0 Å². The van der Waals surface area contributed by atoms with Gasteiger partial charge < -0.3 is 20.3 Å². The van der Waals surface area contributed by atoms with E-state index in [9.17, 15) is 9.59 Å². The van der Waals surface area contributed by atoms with E-state index in [4.69, 9.17) is 10.5 Å². The van der Waals surface area contributed by atoms with Crippen molar-refractivity contribution in [2.75, 3.05) is 20.1 Å². The summed E-state index contributed by atoms with van der Waals surface area (Å²) in [6.07, 6.45) is 1.19. The van der Waals surface area contributed by atoms with Crippen LogP contribution in [-0.4, -0.2) is 54.0 Å². The number of benzene rings is 1. The van der Waals surface area contributed by atoms with Crippen LogP contribution in [0.4, 0.5) is 4.79 Å². The summed E-state index contributed by atoms with van der Waals surface area (Å²) in [6.45, 7) is 3.15. The Balaban J connectivity index is 1.77. The molecule has 1 aliphatic rings. The van der Waals surface area contributed by atoms with Gasteiger partial charge in [-0.15, -0.1) is 0 Å². The summed E-state index contributed by atoms with van der Waals surface area (Å²) in [5.74, 6) is -0.0601. The van der Waals surface area contributed by atoms with Gasteiger partial charge in [0.1, 0.15) is 6.61 Å². The topological polar surface area (TPSA) is 75.9 Å². The second-order valence-corrected chi connectivity index (χ2v) is 6.00. The van der Waals surface area contributed by atoms with Crippen molar-refractivity contribution in [1.82, 2.24) is 9.80 Å². The smallest absolute Gasteiger partial charge is 0.410 e. The van der Waals surface area contributed by atoms with Gasteiger partial charge in [0.2, 0.25) is 5.91 Å². The summed E-state index contributed by atoms with van der Waals surface area (Å²) in [5, 5.41) is 0. The Morgan fingerprint density at radius 2 is 1.91 bits per heavy atom. The molecule has 126 valence electrons. The number of amides is 2. The molecule has 1 heterocycles. The summed E-state index contributed by atoms with van der Waals surface area (Å²) in [6, 6.07) is 9.25. The molecule has 0 bridgehead atoms. The lowest BCUT2D eigenvalue weighted by Crippen LogP contribution is -2.50. The molecule has 1 fully saturated rings. The van der Waals surface area contributed by atoms with Gasteiger partial charge in [-0.2, -0.15) is 0 Å². The average Bonchev–Trinajstić information content (AvgIpc) is 2.59. The number of carbonyl (C=O) groups excluding carboxylic acids is 2. The summed E-state index contributed by atoms with van der Waals surface area (Å²) < 4.78 is 5.34. The maximum atomic E-state index is 12.1. The van der Waals surface area contributed by atoms with Crippen LogP contribution in [0.1, 0.15) is 25.3 Å². The first-order valence-corrected chi connectivity index (χ1v) is 7.97. The molecule has 0 aromatic heterocycles. The molecule has 2 amide bonds. The molecule has 1 aliphatic heterocycles. The minimum atomic E-state index is -0.492. The van der Waals surface area contributed by atoms with Crippen molar-refractivity contribution in [3.63, 3.8) is 0 Å². The predicted molar refractivity (Wildman–Crippen MR) is 87.6 cm³/mol. The fourth-order valence-corrected chi connectivity index (χ4v) is 2.75. The van der Waals surface area contributed by atoms with E-state index in [-0.39, 0.29) is 24.6 Å². The third kappa shape index (κ3) is 4.69. The maximum Gasteiger partial charge on any atom is 0.410 e. The van der Waals surface area contributed by atoms with Gasteiger partial charge in [0.15, 0.2) is 0 Å². The summed E-state index contributed by atoms with van der Waals surface area (Å²) in [5.41, 5.74) is 6.61. The van der Waals surface area contributed by atoms with Gasteiger partial charge in [0, 0.05) is 26.2 Å². The second-order valence-electron chi connectivity index (χ2n) is 6.00. The Hall–Kier alpha value is -2.08. The van der Waals surface area contributed by atoms with Crippen LogP contribution >= 0.6 is 0 Å². The zero-order valence-corrected chi connectivity index (χ0v) is 13.8. The molecule has 2 N–H and O–H groups in total. The van der Waals surface area contributed by atoms with Gasteiger partial charge in [-0.05, 0) is 25.3 Å². The number of piperidine rings is 1. The minimum Gasteiger partial charge on any atom is -0.445 e. The van der Waals surface area contributed by atoms with Gasteiger partial charge in [-0.3, -0.25) is 4.79 Å². The SMILES string of the molecule is CC(N)C(=O)N(C)C1CCN(C(=O)OCc2ccccc2)CC1. The van der Waals surface area contributed by atoms with E-state index in [1.807, 2.05) is 30.3 Å². The van der Waals surface area contributed by atoms with Gasteiger partial charge in [0.05, 0.1) is 6.04 Å². The summed E-state index contributed by atoms with van der Waals surface area (Å²) in [7, 11) is 1.78. The molecule has 0 aliphatic carbocycles. The number of carbonyl (C=O) groups is 2. The molecule has 1 aromatic carbocycles. The van der Waals surface area contributed by atoms with Crippen molar-refractivity contribution >= 4 is 12.0 Å². The normalized spacial score (nSPS) is 16.7. The highest BCUT2D eigenvalue weighted by Gasteiger charge is 2.29. The van der Waals surface area contributed by atoms with E-state index in [2.05, 4.69) is 0 Å². The number of likely N-dealkylation sites (tertiary alicyclic amines) is 1. The minimum absolute atomic E-state index is 0.0601. The van der Waals surface area contributed by atoms with Crippen molar-refractivity contribution in [3.05, 3.63) is 35.9 Å². The second kappa shape index (κ2) is 7.97. The van der Waals surface area contributed by atoms with Crippen molar-refractivity contribution in [2.24, 2.45) is 5.73 Å². The lowest BCUT2D eigenvalue weighted by molar-refractivity contribution is -0.133. The first-order valence-electron chi connectivity index (χ1n) is 7.97. The van der Waals surface area contributed by atoms with Crippen LogP contribution < -0.4 is 5.73 Å². The van der Waals surface area contributed by atoms with Crippen molar-refractivity contribution in [2.45, 2.75) is 38.5 Å². The van der Waals surface area contributed by atoms with Crippen LogP contribution in [-0.2, 0) is 16.1 Å². The quantitative estimate of drug-likeness (QED) is 0.914. The Kier molecular flexibility index (Phi) is 5.98. The average molecular weight is 319 g/mol. The summed E-state index contributed by atoms with van der Waals surface area (Å²) >= 11 is 0. The fourth-order valence-electron chi connectivity index (χ4n) is 2.75. The van der Waals surface area contributed by atoms with Crippen LogP contribution in [0.5, 0.6) is 0 Å². The van der Waals surface area contributed by atoms with E-state index in [0.29, 0.717) is 13.1 Å². The lowest BCUT2D eigenvalue weighted by atomic mass is 10.0. The van der Waals surface area contributed by atoms with Crippen LogP contribution in [0.2, 0.25) is 0 Å². The van der Waals surface area contributed by atoms with Crippen LogP contribution in [0.15, 0.2) is 30.3 Å². The molecule has 6 nitrogen and oxygen atoms in total. The number of nitrogens with two attached hydrogens (primary N) is 1. The highest BCUT2D eigenvalue weighted by atomic mass is 16.6. The van der Waals surface area contributed by atoms with Gasteiger partial charge in [-0.1, -0.05) is 30.3 Å². The van der Waals surface area contributed by atoms with Crippen molar-refractivity contribution < 1.29 is 14.3 Å². The molecular weight excluding hydrogens is 294 g/mol. The highest BCUT2D eigenvalue weighted by molar-refractivity contribution is 5.81. The zero-order valence-electron chi connectivity index (χ0n) is 13.8. The number of hydrogen-bond donors (Lipinski definition) is 1. The molecular formula is C17H25N3O3. The lowest BCUT2D eigenvalue weighted by Gasteiger charge is -2.36. The zero-order chi connectivity index (χ0) is 16.8. The number of ether oxygens (including phenoxy) is 1. The molecule has 0 spiro atoms. The third-order valence-corrected chi connectivity index (χ3v) is 4.21. The Bertz CT molecular complexity index is 525. The van der Waals surface area contributed by atoms with E-state index in [1.54, 1.807) is 23.8 Å². The Labute approximate surface area is 137 Å². The third-order valence-electron chi connectivity index (χ3n) is 4.21. The molecule has 23 heavy (non-hydrogen) atoms. The number of rotatable bonds is 4. The fraction of sp³-hybridized carbons (Fsp3) is 0.529. The number of likely N-dealkylation sites (N-methyl/N-ethyl adjacent to an activating group) is 1. The van der Waals surface area contributed by atoms with Gasteiger partial charge in [0.25, 0.3) is 0 Å². The number of nitrogens with zero attached hydrogens (tertiary/aromatic N) is 2. The molecule has 6 heteroatoms. The van der Waals surface area contributed by atoms with Crippen LogP contribution in [0.3, 0.4) is 0 Å². The molecule has 0 radical (unpaired) electrons. The van der Waals surface area contributed by atoms with E-state index < -0.39 is 6.04 Å². The standard InChI is InChI=1S/C17H25N3O3/c1-13(18)16(21)19(2)15-8-10-20(11-9-15)17(22)23-12-14-6-4-3-5-7-14/h3-7,13,15H,8-12,18H2,1-2H3. The van der Waals surface area contributed by atoms with Crippen molar-refractivity contribution in [1.29, 1.82) is 0 Å². The first kappa shape index (κ1) is 17.3. The van der Waals surface area contributed by atoms with E-state index in [0.717, 1.165) is 18.4 Å².